The molecule has 7 aromatic rings. The third-order valence-electron chi connectivity index (χ3n) is 11.9. The Morgan fingerprint density at radius 3 is 1.43 bits per heavy atom. The summed E-state index contributed by atoms with van der Waals surface area (Å²) in [5.41, 5.74) is 7.17. The van der Waals surface area contributed by atoms with E-state index in [1.165, 1.54) is 64.8 Å². The molecule has 0 fully saturated rings. The first kappa shape index (κ1) is 49.7. The molecule has 318 valence electrons. The van der Waals surface area contributed by atoms with E-state index in [0.717, 1.165) is 11.1 Å². The van der Waals surface area contributed by atoms with Gasteiger partial charge in [-0.3, -0.25) is 11.8 Å². The maximum atomic E-state index is 7.26. The molecule has 0 aliphatic carbocycles. The molecule has 2 heterocycles. The third kappa shape index (κ3) is 11.3. The molecule has 0 nitrogen and oxygen atoms in total. The van der Waals surface area contributed by atoms with Crippen LogP contribution in [-0.2, 0) is 44.8 Å². The minimum atomic E-state index is -1.55. The minimum absolute atomic E-state index is 0. The molecule has 6 heteroatoms. The first-order valence-electron chi connectivity index (χ1n) is 20.9. The molecule has 63 heavy (non-hydrogen) atoms. The van der Waals surface area contributed by atoms with Crippen molar-refractivity contribution in [1.29, 1.82) is 0 Å². The van der Waals surface area contributed by atoms with E-state index in [1.807, 2.05) is 24.3 Å². The van der Waals surface area contributed by atoms with Crippen molar-refractivity contribution in [2.45, 2.75) is 26.2 Å². The molecule has 2 aliphatic rings. The fraction of sp³-hybridized carbons (Fsp3) is 0.0877. The SMILES string of the molecule is C=C/C=C\C=C\[PH+](C[PH+](c1ccccc1)c1ccccc1)c1ccccc1.[Au+].[Au+].[C-]#Cc1ccc2c(c1)-c1ccccc1[Si]2(C)C.[C-]#Cc1ccc2c(c1)[Si](C)(C)c1ccccc1-2. The molecule has 1 unspecified atom stereocenters. The van der Waals surface area contributed by atoms with Crippen LogP contribution in [0.5, 0.6) is 0 Å². The van der Waals surface area contributed by atoms with Gasteiger partial charge in [-0.1, -0.05) is 171 Å². The fourth-order valence-corrected chi connectivity index (χ4v) is 21.9. The monoisotopic (exact) mass is 1250 g/mol. The summed E-state index contributed by atoms with van der Waals surface area (Å²) in [4.78, 5) is 0. The predicted octanol–water partition coefficient (Wildman–Crippen LogP) is 10.5. The van der Waals surface area contributed by atoms with Crippen molar-refractivity contribution >= 4 is 68.7 Å². The van der Waals surface area contributed by atoms with E-state index in [2.05, 4.69) is 226 Å². The Hall–Kier alpha value is -4.35. The van der Waals surface area contributed by atoms with Crippen molar-refractivity contribution in [2.75, 3.05) is 5.90 Å². The zero-order valence-corrected chi connectivity index (χ0v) is 44.5. The van der Waals surface area contributed by atoms with E-state index in [0.29, 0.717) is 0 Å². The third-order valence-corrected chi connectivity index (χ3v) is 25.6. The maximum absolute atomic E-state index is 7.26. The van der Waals surface area contributed by atoms with Gasteiger partial charge in [-0.2, -0.15) is 0 Å². The Kier molecular flexibility index (Phi) is 18.1. The first-order valence-corrected chi connectivity index (χ1v) is 30.3. The molecule has 7 aromatic carbocycles. The van der Waals surface area contributed by atoms with Crippen molar-refractivity contribution < 1.29 is 44.8 Å². The summed E-state index contributed by atoms with van der Waals surface area (Å²) in [6, 6.07) is 63.0. The molecule has 0 amide bonds. The van der Waals surface area contributed by atoms with Crippen LogP contribution < -0.4 is 36.7 Å². The van der Waals surface area contributed by atoms with E-state index in [4.69, 9.17) is 12.8 Å². The summed E-state index contributed by atoms with van der Waals surface area (Å²) in [6.07, 6.45) is 22.6. The Labute approximate surface area is 412 Å². The average Bonchev–Trinajstić information content (AvgIpc) is 3.68. The van der Waals surface area contributed by atoms with Crippen molar-refractivity contribution in [2.24, 2.45) is 0 Å². The standard InChI is InChI=1S/C25H24P2.2C16H13Si.2Au/c1-2-3-4-14-21-26(23-15-8-5-9-16-23)22-27(24-17-10-6-11-18-24)25-19-12-7-13-20-25;1-4-12-9-10-16-14(11-12)13-7-5-6-8-15(13)17(16,2)3;1-4-12-9-10-14-13-7-5-6-8-15(13)17(2,3)16(14)11-12;;/h2-21H,1,22H2;2*5-11H,2-3H3;;/q;2*-1;2*+1/p+2/b4-3-,21-14+;;;;. The van der Waals surface area contributed by atoms with Crippen LogP contribution in [0.15, 0.2) is 213 Å². The van der Waals surface area contributed by atoms with Crippen LogP contribution in [0.4, 0.5) is 0 Å². The average molecular weight is 1250 g/mol. The topological polar surface area (TPSA) is 0 Å². The number of benzene rings is 7. The molecule has 0 aromatic heterocycles. The van der Waals surface area contributed by atoms with Gasteiger partial charge >= 0.3 is 44.8 Å². The van der Waals surface area contributed by atoms with E-state index in [-0.39, 0.29) is 44.8 Å². The summed E-state index contributed by atoms with van der Waals surface area (Å²) in [5.74, 6) is 8.63. The van der Waals surface area contributed by atoms with Crippen LogP contribution in [0.2, 0.25) is 26.2 Å². The molecule has 0 N–H and O–H groups in total. The quantitative estimate of drug-likeness (QED) is 0.0468. The second-order valence-electron chi connectivity index (χ2n) is 16.4. The fourth-order valence-electron chi connectivity index (χ4n) is 8.64. The second kappa shape index (κ2) is 23.0. The van der Waals surface area contributed by atoms with E-state index in [1.54, 1.807) is 0 Å². The Bertz CT molecular complexity index is 2740. The van der Waals surface area contributed by atoms with Gasteiger partial charge < -0.3 is 12.8 Å². The molecule has 0 bridgehead atoms. The van der Waals surface area contributed by atoms with E-state index < -0.39 is 32.0 Å². The van der Waals surface area contributed by atoms with Gasteiger partial charge in [-0.25, -0.2) is 0 Å². The van der Waals surface area contributed by atoms with E-state index in [9.17, 15) is 0 Å². The number of rotatable bonds is 8. The zero-order valence-electron chi connectivity index (χ0n) is 36.1. The number of allylic oxidation sites excluding steroid dienone is 4. The normalized spacial score (nSPS) is 13.4. The van der Waals surface area contributed by atoms with E-state index >= 15 is 0 Å². The van der Waals surface area contributed by atoms with Gasteiger partial charge in [0.05, 0.1) is 19.0 Å². The summed E-state index contributed by atoms with van der Waals surface area (Å²) in [7, 11) is -4.71. The Morgan fingerprint density at radius 2 is 0.889 bits per heavy atom. The minimum Gasteiger partial charge on any atom is -0.366 e. The molecule has 0 saturated heterocycles. The Balaban J connectivity index is 0.000000182. The van der Waals surface area contributed by atoms with Crippen molar-refractivity contribution in [3.63, 3.8) is 0 Å². The molecular weight excluding hydrogens is 1200 g/mol. The van der Waals surface area contributed by atoms with Gasteiger partial charge in [0.1, 0.15) is 34.7 Å². The number of hydrogen-bond acceptors (Lipinski definition) is 0. The van der Waals surface area contributed by atoms with Crippen molar-refractivity contribution in [3.05, 3.63) is 237 Å². The van der Waals surface area contributed by atoms with Crippen LogP contribution in [-0.4, -0.2) is 22.1 Å². The summed E-state index contributed by atoms with van der Waals surface area (Å²) in [6.45, 7) is 13.3. The van der Waals surface area contributed by atoms with Gasteiger partial charge in [0.2, 0.25) is 0 Å². The second-order valence-corrected chi connectivity index (χ2v) is 30.5. The summed E-state index contributed by atoms with van der Waals surface area (Å²) in [5, 5.41) is 10.4. The number of hydrogen-bond donors (Lipinski definition) is 0. The molecule has 1 atom stereocenters. The smallest absolute Gasteiger partial charge is 0.366 e. The predicted molar refractivity (Wildman–Crippen MR) is 278 cm³/mol. The van der Waals surface area contributed by atoms with Gasteiger partial charge in [-0.05, 0) is 80.3 Å². The Morgan fingerprint density at radius 1 is 0.460 bits per heavy atom. The largest absolute Gasteiger partial charge is 1.00 e. The van der Waals surface area contributed by atoms with Crippen LogP contribution in [0, 0.1) is 24.7 Å². The molecular formula is C57H52Au2P2Si2+2. The van der Waals surface area contributed by atoms with Crippen LogP contribution in [0.3, 0.4) is 0 Å². The van der Waals surface area contributed by atoms with Crippen molar-refractivity contribution in [3.8, 4) is 34.1 Å². The molecule has 0 radical (unpaired) electrons. The van der Waals surface area contributed by atoms with Crippen LogP contribution in [0.25, 0.3) is 22.3 Å². The van der Waals surface area contributed by atoms with Crippen LogP contribution in [0.1, 0.15) is 11.1 Å². The zero-order chi connectivity index (χ0) is 42.8. The maximum Gasteiger partial charge on any atom is 1.00 e. The van der Waals surface area contributed by atoms with Crippen molar-refractivity contribution in [1.82, 2.24) is 0 Å². The number of fused-ring (bicyclic) bond motifs is 6. The van der Waals surface area contributed by atoms with Gasteiger partial charge in [0.25, 0.3) is 0 Å². The van der Waals surface area contributed by atoms with Gasteiger partial charge in [0.15, 0.2) is 5.90 Å². The first-order chi connectivity index (χ1) is 29.7. The molecule has 2 aliphatic heterocycles. The molecule has 9 rings (SSSR count). The van der Waals surface area contributed by atoms with Gasteiger partial charge in [-0.15, -0.1) is 35.4 Å². The summed E-state index contributed by atoms with van der Waals surface area (Å²) < 4.78 is 0. The van der Waals surface area contributed by atoms with Crippen LogP contribution >= 0.6 is 15.8 Å². The molecule has 0 saturated carbocycles. The molecule has 0 spiro atoms. The van der Waals surface area contributed by atoms with Gasteiger partial charge in [0, 0.05) is 0 Å². The summed E-state index contributed by atoms with van der Waals surface area (Å²) >= 11 is 0.